The third-order valence-corrected chi connectivity index (χ3v) is 4.39. The highest BCUT2D eigenvalue weighted by molar-refractivity contribution is 4.81. The summed E-state index contributed by atoms with van der Waals surface area (Å²) in [5.74, 6) is 3.20. The van der Waals surface area contributed by atoms with Crippen molar-refractivity contribution in [3.05, 3.63) is 0 Å². The molecule has 0 aromatic heterocycles. The van der Waals surface area contributed by atoms with Gasteiger partial charge in [-0.1, -0.05) is 27.7 Å². The molecule has 0 radical (unpaired) electrons. The highest BCUT2D eigenvalue weighted by Gasteiger charge is 2.29. The fourth-order valence-electron chi connectivity index (χ4n) is 3.49. The minimum atomic E-state index is 1.04. The summed E-state index contributed by atoms with van der Waals surface area (Å²) in [5, 5.41) is 0. The van der Waals surface area contributed by atoms with Gasteiger partial charge < -0.3 is 4.90 Å². The molecule has 1 aliphatic carbocycles. The minimum Gasteiger partial charge on any atom is -0.303 e. The average molecular weight is 239 g/mol. The Labute approximate surface area is 109 Å². The SMILES string of the molecule is CC.CCCN1CCC(CC2CC(C)C2)CC1. The zero-order chi connectivity index (χ0) is 12.7. The molecule has 17 heavy (non-hydrogen) atoms. The molecule has 0 aromatic rings. The van der Waals surface area contributed by atoms with E-state index >= 15 is 0 Å². The van der Waals surface area contributed by atoms with Crippen LogP contribution in [-0.4, -0.2) is 24.5 Å². The first-order valence-corrected chi connectivity index (χ1v) is 8.00. The van der Waals surface area contributed by atoms with E-state index in [0.717, 1.165) is 17.8 Å². The summed E-state index contributed by atoms with van der Waals surface area (Å²) in [6, 6.07) is 0. The van der Waals surface area contributed by atoms with Crippen molar-refractivity contribution in [2.75, 3.05) is 19.6 Å². The fraction of sp³-hybridized carbons (Fsp3) is 1.00. The number of hydrogen-bond donors (Lipinski definition) is 0. The Kier molecular flexibility index (Phi) is 7.18. The van der Waals surface area contributed by atoms with Crippen molar-refractivity contribution in [2.45, 2.75) is 66.2 Å². The summed E-state index contributed by atoms with van der Waals surface area (Å²) < 4.78 is 0. The van der Waals surface area contributed by atoms with Gasteiger partial charge in [0.05, 0.1) is 0 Å². The van der Waals surface area contributed by atoms with Crippen molar-refractivity contribution in [1.82, 2.24) is 4.90 Å². The molecule has 2 rings (SSSR count). The van der Waals surface area contributed by atoms with Crippen LogP contribution in [0.4, 0.5) is 0 Å². The van der Waals surface area contributed by atoms with Crippen LogP contribution >= 0.6 is 0 Å². The second-order valence-corrected chi connectivity index (χ2v) is 5.96. The van der Waals surface area contributed by atoms with Gasteiger partial charge in [0.15, 0.2) is 0 Å². The first-order valence-electron chi connectivity index (χ1n) is 8.00. The molecule has 0 spiro atoms. The molecule has 0 N–H and O–H groups in total. The molecule has 102 valence electrons. The summed E-state index contributed by atoms with van der Waals surface area (Å²) >= 11 is 0. The lowest BCUT2D eigenvalue weighted by molar-refractivity contribution is 0.124. The van der Waals surface area contributed by atoms with Crippen LogP contribution in [0.25, 0.3) is 0 Å². The quantitative estimate of drug-likeness (QED) is 0.694. The first-order chi connectivity index (χ1) is 8.28. The van der Waals surface area contributed by atoms with Gasteiger partial charge in [-0.15, -0.1) is 0 Å². The molecule has 0 atom stereocenters. The molecule has 1 heteroatoms. The van der Waals surface area contributed by atoms with Crippen molar-refractivity contribution in [1.29, 1.82) is 0 Å². The van der Waals surface area contributed by atoms with E-state index in [-0.39, 0.29) is 0 Å². The maximum absolute atomic E-state index is 2.65. The Hall–Kier alpha value is -0.0400. The largest absolute Gasteiger partial charge is 0.303 e. The predicted molar refractivity (Wildman–Crippen MR) is 77.3 cm³/mol. The molecule has 1 saturated carbocycles. The van der Waals surface area contributed by atoms with Gasteiger partial charge in [-0.25, -0.2) is 0 Å². The minimum absolute atomic E-state index is 1.04. The van der Waals surface area contributed by atoms with E-state index in [1.54, 1.807) is 6.42 Å². The second-order valence-electron chi connectivity index (χ2n) is 5.96. The predicted octanol–water partition coefficient (Wildman–Crippen LogP) is 4.57. The van der Waals surface area contributed by atoms with Gasteiger partial charge in [0.2, 0.25) is 0 Å². The fourth-order valence-corrected chi connectivity index (χ4v) is 3.49. The van der Waals surface area contributed by atoms with Crippen molar-refractivity contribution >= 4 is 0 Å². The number of nitrogens with zero attached hydrogens (tertiary/aromatic N) is 1. The Balaban J connectivity index is 0.000000686. The van der Waals surface area contributed by atoms with Gasteiger partial charge in [-0.3, -0.25) is 0 Å². The third-order valence-electron chi connectivity index (χ3n) is 4.39. The highest BCUT2D eigenvalue weighted by Crippen LogP contribution is 2.39. The lowest BCUT2D eigenvalue weighted by Crippen LogP contribution is -2.35. The van der Waals surface area contributed by atoms with Gasteiger partial charge in [0.25, 0.3) is 0 Å². The van der Waals surface area contributed by atoms with E-state index < -0.39 is 0 Å². The number of piperidine rings is 1. The standard InChI is InChI=1S/C14H27N.C2H6/c1-3-6-15-7-4-13(5-8-15)11-14-9-12(2)10-14;1-2/h12-14H,3-11H2,1-2H3;1-2H3. The van der Waals surface area contributed by atoms with E-state index in [1.165, 1.54) is 51.7 Å². The van der Waals surface area contributed by atoms with Gasteiger partial charge >= 0.3 is 0 Å². The second kappa shape index (κ2) is 8.13. The number of likely N-dealkylation sites (tertiary alicyclic amines) is 1. The number of hydrogen-bond acceptors (Lipinski definition) is 1. The van der Waals surface area contributed by atoms with Crippen molar-refractivity contribution in [3.8, 4) is 0 Å². The topological polar surface area (TPSA) is 3.24 Å². The van der Waals surface area contributed by atoms with Crippen molar-refractivity contribution < 1.29 is 0 Å². The van der Waals surface area contributed by atoms with Crippen LogP contribution < -0.4 is 0 Å². The molecule has 1 heterocycles. The van der Waals surface area contributed by atoms with E-state index in [4.69, 9.17) is 0 Å². The third kappa shape index (κ3) is 4.99. The maximum Gasteiger partial charge on any atom is -0.00161 e. The molecule has 0 aromatic carbocycles. The molecule has 1 nitrogen and oxygen atoms in total. The maximum atomic E-state index is 2.65. The smallest absolute Gasteiger partial charge is 0.00161 e. The lowest BCUT2D eigenvalue weighted by atomic mass is 9.71. The van der Waals surface area contributed by atoms with Crippen molar-refractivity contribution in [2.24, 2.45) is 17.8 Å². The van der Waals surface area contributed by atoms with Crippen LogP contribution in [0.2, 0.25) is 0 Å². The number of rotatable bonds is 4. The Bertz CT molecular complexity index is 176. The molecule has 0 bridgehead atoms. The van der Waals surface area contributed by atoms with E-state index in [9.17, 15) is 0 Å². The molecule has 1 saturated heterocycles. The zero-order valence-electron chi connectivity index (χ0n) is 12.5. The normalized spacial score (nSPS) is 30.4. The van der Waals surface area contributed by atoms with Gasteiger partial charge in [0, 0.05) is 0 Å². The highest BCUT2D eigenvalue weighted by atomic mass is 15.1. The monoisotopic (exact) mass is 239 g/mol. The lowest BCUT2D eigenvalue weighted by Gasteiger charge is -2.38. The summed E-state index contributed by atoms with van der Waals surface area (Å²) in [6.45, 7) is 12.8. The van der Waals surface area contributed by atoms with Crippen LogP contribution in [0, 0.1) is 17.8 Å². The van der Waals surface area contributed by atoms with Gasteiger partial charge in [0.1, 0.15) is 0 Å². The summed E-state index contributed by atoms with van der Waals surface area (Å²) in [7, 11) is 0. The summed E-state index contributed by atoms with van der Waals surface area (Å²) in [4.78, 5) is 2.65. The zero-order valence-corrected chi connectivity index (χ0v) is 12.5. The van der Waals surface area contributed by atoms with Gasteiger partial charge in [-0.2, -0.15) is 0 Å². The molecule has 0 amide bonds. The van der Waals surface area contributed by atoms with E-state index in [0.29, 0.717) is 0 Å². The molecule has 2 aliphatic rings. The van der Waals surface area contributed by atoms with Crippen LogP contribution in [0.5, 0.6) is 0 Å². The van der Waals surface area contributed by atoms with Crippen LogP contribution in [0.1, 0.15) is 66.2 Å². The van der Waals surface area contributed by atoms with Crippen molar-refractivity contribution in [3.63, 3.8) is 0 Å². The van der Waals surface area contributed by atoms with Crippen LogP contribution in [0.15, 0.2) is 0 Å². The average Bonchev–Trinajstić information content (AvgIpc) is 2.33. The summed E-state index contributed by atoms with van der Waals surface area (Å²) in [5.41, 5.74) is 0. The van der Waals surface area contributed by atoms with Crippen LogP contribution in [-0.2, 0) is 0 Å². The molecule has 1 aliphatic heterocycles. The summed E-state index contributed by atoms with van der Waals surface area (Å²) in [6.07, 6.45) is 8.87. The molecule has 0 unspecified atom stereocenters. The first kappa shape index (κ1) is 15.0. The van der Waals surface area contributed by atoms with E-state index in [1.807, 2.05) is 13.8 Å². The van der Waals surface area contributed by atoms with Gasteiger partial charge in [-0.05, 0) is 75.9 Å². The van der Waals surface area contributed by atoms with Crippen LogP contribution in [0.3, 0.4) is 0 Å². The Morgan fingerprint density at radius 2 is 1.59 bits per heavy atom. The molecule has 2 fully saturated rings. The Morgan fingerprint density at radius 1 is 1.00 bits per heavy atom. The Morgan fingerprint density at radius 3 is 2.06 bits per heavy atom. The van der Waals surface area contributed by atoms with E-state index in [2.05, 4.69) is 18.7 Å². The molecular weight excluding hydrogens is 206 g/mol. The molecular formula is C16H33N.